The zero-order chi connectivity index (χ0) is 11.0. The van der Waals surface area contributed by atoms with Gasteiger partial charge in [0.25, 0.3) is 5.91 Å². The van der Waals surface area contributed by atoms with Crippen molar-refractivity contribution in [3.8, 4) is 0 Å². The fourth-order valence-corrected chi connectivity index (χ4v) is 2.04. The number of nitrogens with zero attached hydrogens (tertiary/aromatic N) is 1. The Bertz CT molecular complexity index is 425. The van der Waals surface area contributed by atoms with Gasteiger partial charge >= 0.3 is 0 Å². The molecule has 1 aromatic carbocycles. The monoisotopic (exact) mass is 203 g/mol. The first kappa shape index (κ1) is 9.90. The molecule has 0 bridgehead atoms. The zero-order valence-electron chi connectivity index (χ0n) is 8.86. The van der Waals surface area contributed by atoms with Gasteiger partial charge in [-0.15, -0.1) is 0 Å². The lowest BCUT2D eigenvalue weighted by Crippen LogP contribution is -2.24. The van der Waals surface area contributed by atoms with Gasteiger partial charge in [-0.05, 0) is 18.6 Å². The van der Waals surface area contributed by atoms with Crippen LogP contribution in [0.2, 0.25) is 0 Å². The maximum Gasteiger partial charge on any atom is 0.254 e. The standard InChI is InChI=1S/C12H13NO2/c1-8(14)7-11-9-5-3-4-6-10(9)12(15)13(11)2/h3-6,11H,7H2,1-2H3. The molecule has 78 valence electrons. The molecule has 0 radical (unpaired) electrons. The highest BCUT2D eigenvalue weighted by molar-refractivity contribution is 5.99. The van der Waals surface area contributed by atoms with Crippen LogP contribution in [0.4, 0.5) is 0 Å². The number of ketones is 1. The van der Waals surface area contributed by atoms with E-state index in [0.717, 1.165) is 11.1 Å². The van der Waals surface area contributed by atoms with Crippen molar-refractivity contribution in [3.05, 3.63) is 35.4 Å². The number of benzene rings is 1. The maximum absolute atomic E-state index is 11.8. The predicted molar refractivity (Wildman–Crippen MR) is 56.6 cm³/mol. The van der Waals surface area contributed by atoms with E-state index in [0.29, 0.717) is 6.42 Å². The van der Waals surface area contributed by atoms with Crippen molar-refractivity contribution in [2.75, 3.05) is 7.05 Å². The van der Waals surface area contributed by atoms with Crippen LogP contribution in [0, 0.1) is 0 Å². The molecule has 0 saturated carbocycles. The van der Waals surface area contributed by atoms with Crippen molar-refractivity contribution in [3.63, 3.8) is 0 Å². The lowest BCUT2D eigenvalue weighted by atomic mass is 10.0. The Balaban J connectivity index is 2.42. The van der Waals surface area contributed by atoms with E-state index in [1.807, 2.05) is 24.3 Å². The molecule has 3 heteroatoms. The van der Waals surface area contributed by atoms with Gasteiger partial charge in [-0.3, -0.25) is 9.59 Å². The van der Waals surface area contributed by atoms with E-state index in [-0.39, 0.29) is 17.7 Å². The van der Waals surface area contributed by atoms with Crippen LogP contribution < -0.4 is 0 Å². The largest absolute Gasteiger partial charge is 0.334 e. The van der Waals surface area contributed by atoms with Crippen LogP contribution in [0.15, 0.2) is 24.3 Å². The summed E-state index contributed by atoms with van der Waals surface area (Å²) in [6, 6.07) is 7.41. The molecule has 0 spiro atoms. The SMILES string of the molecule is CC(=O)CC1c2ccccc2C(=O)N1C. The van der Waals surface area contributed by atoms with Crippen LogP contribution in [0.5, 0.6) is 0 Å². The second-order valence-corrected chi connectivity index (χ2v) is 3.93. The van der Waals surface area contributed by atoms with Gasteiger partial charge in [0.05, 0.1) is 6.04 Å². The molecule has 1 unspecified atom stereocenters. The molecule has 1 amide bonds. The number of carbonyl (C=O) groups is 2. The minimum atomic E-state index is -0.0776. The second kappa shape index (κ2) is 3.50. The van der Waals surface area contributed by atoms with Crippen molar-refractivity contribution < 1.29 is 9.59 Å². The topological polar surface area (TPSA) is 37.4 Å². The fourth-order valence-electron chi connectivity index (χ4n) is 2.04. The summed E-state index contributed by atoms with van der Waals surface area (Å²) in [7, 11) is 1.75. The molecular formula is C12H13NO2. The molecule has 0 aromatic heterocycles. The average Bonchev–Trinajstić information content (AvgIpc) is 2.44. The normalized spacial score (nSPS) is 19.2. The first-order valence-electron chi connectivity index (χ1n) is 4.97. The molecule has 2 rings (SSSR count). The van der Waals surface area contributed by atoms with Crippen molar-refractivity contribution in [1.29, 1.82) is 0 Å². The third kappa shape index (κ3) is 1.54. The van der Waals surface area contributed by atoms with E-state index in [9.17, 15) is 9.59 Å². The number of rotatable bonds is 2. The second-order valence-electron chi connectivity index (χ2n) is 3.93. The van der Waals surface area contributed by atoms with Crippen LogP contribution in [-0.2, 0) is 4.79 Å². The zero-order valence-corrected chi connectivity index (χ0v) is 8.86. The van der Waals surface area contributed by atoms with Crippen LogP contribution in [0.25, 0.3) is 0 Å². The van der Waals surface area contributed by atoms with Gasteiger partial charge in [0.2, 0.25) is 0 Å². The Morgan fingerprint density at radius 1 is 1.40 bits per heavy atom. The molecule has 15 heavy (non-hydrogen) atoms. The molecule has 3 nitrogen and oxygen atoms in total. The van der Waals surface area contributed by atoms with Gasteiger partial charge < -0.3 is 4.90 Å². The van der Waals surface area contributed by atoms with Gasteiger partial charge in [0, 0.05) is 19.0 Å². The van der Waals surface area contributed by atoms with Gasteiger partial charge in [0.1, 0.15) is 5.78 Å². The Morgan fingerprint density at radius 2 is 2.07 bits per heavy atom. The first-order valence-corrected chi connectivity index (χ1v) is 4.97. The van der Waals surface area contributed by atoms with E-state index >= 15 is 0 Å². The van der Waals surface area contributed by atoms with Crippen LogP contribution in [0.1, 0.15) is 35.3 Å². The lowest BCUT2D eigenvalue weighted by molar-refractivity contribution is -0.117. The summed E-state index contributed by atoms with van der Waals surface area (Å²) in [5.74, 6) is 0.119. The summed E-state index contributed by atoms with van der Waals surface area (Å²) in [4.78, 5) is 24.6. The van der Waals surface area contributed by atoms with Crippen molar-refractivity contribution in [2.24, 2.45) is 0 Å². The molecule has 0 N–H and O–H groups in total. The lowest BCUT2D eigenvalue weighted by Gasteiger charge is -2.19. The van der Waals surface area contributed by atoms with Crippen LogP contribution in [0.3, 0.4) is 0 Å². The highest BCUT2D eigenvalue weighted by Gasteiger charge is 2.33. The maximum atomic E-state index is 11.8. The van der Waals surface area contributed by atoms with Gasteiger partial charge in [-0.25, -0.2) is 0 Å². The van der Waals surface area contributed by atoms with E-state index in [1.165, 1.54) is 0 Å². The van der Waals surface area contributed by atoms with Crippen LogP contribution in [-0.4, -0.2) is 23.6 Å². The van der Waals surface area contributed by atoms with Crippen molar-refractivity contribution in [1.82, 2.24) is 4.90 Å². The third-order valence-electron chi connectivity index (χ3n) is 2.82. The molecule has 0 saturated heterocycles. The smallest absolute Gasteiger partial charge is 0.254 e. The van der Waals surface area contributed by atoms with Crippen molar-refractivity contribution in [2.45, 2.75) is 19.4 Å². The Labute approximate surface area is 88.7 Å². The molecule has 1 heterocycles. The summed E-state index contributed by atoms with van der Waals surface area (Å²) >= 11 is 0. The highest BCUT2D eigenvalue weighted by Crippen LogP contribution is 2.34. The van der Waals surface area contributed by atoms with Gasteiger partial charge in [-0.2, -0.15) is 0 Å². The fraction of sp³-hybridized carbons (Fsp3) is 0.333. The van der Waals surface area contributed by atoms with Crippen LogP contribution >= 0.6 is 0 Å². The molecule has 1 aliphatic heterocycles. The third-order valence-corrected chi connectivity index (χ3v) is 2.82. The Hall–Kier alpha value is -1.64. The Morgan fingerprint density at radius 3 is 2.73 bits per heavy atom. The summed E-state index contributed by atoms with van der Waals surface area (Å²) in [5, 5.41) is 0. The van der Waals surface area contributed by atoms with Gasteiger partial charge in [0.15, 0.2) is 0 Å². The quantitative estimate of drug-likeness (QED) is 0.734. The number of carbonyl (C=O) groups excluding carboxylic acids is 2. The van der Waals surface area contributed by atoms with E-state index in [1.54, 1.807) is 18.9 Å². The molecule has 0 fully saturated rings. The summed E-state index contributed by atoms with van der Waals surface area (Å²) in [5.41, 5.74) is 1.70. The van der Waals surface area contributed by atoms with E-state index in [2.05, 4.69) is 0 Å². The molecule has 1 aromatic rings. The molecular weight excluding hydrogens is 190 g/mol. The molecule has 1 aliphatic rings. The summed E-state index contributed by atoms with van der Waals surface area (Å²) in [6.07, 6.45) is 0.402. The summed E-state index contributed by atoms with van der Waals surface area (Å²) < 4.78 is 0. The van der Waals surface area contributed by atoms with Gasteiger partial charge in [-0.1, -0.05) is 18.2 Å². The molecule has 0 aliphatic carbocycles. The predicted octanol–water partition coefficient (Wildman–Crippen LogP) is 1.79. The number of hydrogen-bond donors (Lipinski definition) is 0. The minimum Gasteiger partial charge on any atom is -0.334 e. The highest BCUT2D eigenvalue weighted by atomic mass is 16.2. The number of Topliss-reactive ketones (excluding diaryl/α,β-unsaturated/α-hetero) is 1. The average molecular weight is 203 g/mol. The first-order chi connectivity index (χ1) is 7.11. The molecule has 1 atom stereocenters. The van der Waals surface area contributed by atoms with E-state index < -0.39 is 0 Å². The van der Waals surface area contributed by atoms with E-state index in [4.69, 9.17) is 0 Å². The Kier molecular flexibility index (Phi) is 2.31. The number of hydrogen-bond acceptors (Lipinski definition) is 2. The van der Waals surface area contributed by atoms with Crippen molar-refractivity contribution >= 4 is 11.7 Å². The number of fused-ring (bicyclic) bond motifs is 1. The summed E-state index contributed by atoms with van der Waals surface area (Å²) in [6.45, 7) is 1.55. The number of amides is 1. The minimum absolute atomic E-state index is 0.0110.